The Morgan fingerprint density at radius 1 is 1.04 bits per heavy atom. The lowest BCUT2D eigenvalue weighted by atomic mass is 10.1. The van der Waals surface area contributed by atoms with E-state index in [9.17, 15) is 4.79 Å². The molecule has 1 atom stereocenters. The van der Waals surface area contributed by atoms with Gasteiger partial charge in [0.05, 0.1) is 5.25 Å². The SMILES string of the molecule is Cc1cc(C)nc(SC(C)C(=O)Nc2cccc3ccccc23)n1. The van der Waals surface area contributed by atoms with Gasteiger partial charge in [0.2, 0.25) is 5.91 Å². The molecule has 1 heterocycles. The van der Waals surface area contributed by atoms with E-state index in [-0.39, 0.29) is 11.2 Å². The van der Waals surface area contributed by atoms with Crippen molar-refractivity contribution in [2.24, 2.45) is 0 Å². The van der Waals surface area contributed by atoms with Gasteiger partial charge in [-0.3, -0.25) is 4.79 Å². The van der Waals surface area contributed by atoms with Crippen molar-refractivity contribution in [3.8, 4) is 0 Å². The van der Waals surface area contributed by atoms with Crippen LogP contribution in [-0.2, 0) is 4.79 Å². The Kier molecular flexibility index (Phi) is 4.81. The smallest absolute Gasteiger partial charge is 0.237 e. The average molecular weight is 337 g/mol. The largest absolute Gasteiger partial charge is 0.325 e. The fourth-order valence-corrected chi connectivity index (χ4v) is 3.40. The summed E-state index contributed by atoms with van der Waals surface area (Å²) in [5.41, 5.74) is 2.64. The summed E-state index contributed by atoms with van der Waals surface area (Å²) in [5, 5.41) is 5.50. The van der Waals surface area contributed by atoms with E-state index < -0.39 is 0 Å². The van der Waals surface area contributed by atoms with Crippen LogP contribution >= 0.6 is 11.8 Å². The van der Waals surface area contributed by atoms with Crippen molar-refractivity contribution in [2.45, 2.75) is 31.2 Å². The summed E-state index contributed by atoms with van der Waals surface area (Å²) >= 11 is 1.37. The monoisotopic (exact) mass is 337 g/mol. The molecule has 3 aromatic rings. The summed E-state index contributed by atoms with van der Waals surface area (Å²) in [6, 6.07) is 15.8. The van der Waals surface area contributed by atoms with Crippen LogP contribution < -0.4 is 5.32 Å². The molecule has 3 rings (SSSR count). The first kappa shape index (κ1) is 16.5. The number of rotatable bonds is 4. The lowest BCUT2D eigenvalue weighted by Gasteiger charge is -2.13. The maximum atomic E-state index is 12.5. The van der Waals surface area contributed by atoms with Crippen LogP contribution in [0.5, 0.6) is 0 Å². The van der Waals surface area contributed by atoms with E-state index in [0.29, 0.717) is 5.16 Å². The number of anilines is 1. The van der Waals surface area contributed by atoms with Crippen LogP contribution in [0.3, 0.4) is 0 Å². The molecule has 0 saturated heterocycles. The van der Waals surface area contributed by atoms with Crippen LogP contribution in [0.4, 0.5) is 5.69 Å². The Labute approximate surface area is 145 Å². The number of amides is 1. The predicted molar refractivity (Wildman–Crippen MR) is 99.4 cm³/mol. The molecule has 2 aromatic carbocycles. The van der Waals surface area contributed by atoms with Crippen LogP contribution in [0.1, 0.15) is 18.3 Å². The molecule has 0 saturated carbocycles. The molecule has 0 radical (unpaired) electrons. The van der Waals surface area contributed by atoms with E-state index in [4.69, 9.17) is 0 Å². The third kappa shape index (κ3) is 3.74. The number of hydrogen-bond donors (Lipinski definition) is 1. The van der Waals surface area contributed by atoms with Gasteiger partial charge in [-0.05, 0) is 38.3 Å². The Balaban J connectivity index is 1.76. The average Bonchev–Trinajstić information content (AvgIpc) is 2.54. The van der Waals surface area contributed by atoms with Crippen LogP contribution in [0, 0.1) is 13.8 Å². The van der Waals surface area contributed by atoms with Crippen molar-refractivity contribution in [1.29, 1.82) is 0 Å². The van der Waals surface area contributed by atoms with Gasteiger partial charge in [0.1, 0.15) is 0 Å². The highest BCUT2D eigenvalue weighted by atomic mass is 32.2. The lowest BCUT2D eigenvalue weighted by molar-refractivity contribution is -0.115. The molecule has 24 heavy (non-hydrogen) atoms. The standard InChI is InChI=1S/C19H19N3OS/c1-12-11-13(2)21-19(20-12)24-14(3)18(23)22-17-10-6-8-15-7-4-5-9-16(15)17/h4-11,14H,1-3H3,(H,22,23). The highest BCUT2D eigenvalue weighted by Gasteiger charge is 2.17. The van der Waals surface area contributed by atoms with E-state index in [0.717, 1.165) is 27.8 Å². The van der Waals surface area contributed by atoms with E-state index in [1.165, 1.54) is 11.8 Å². The van der Waals surface area contributed by atoms with Crippen molar-refractivity contribution in [3.63, 3.8) is 0 Å². The van der Waals surface area contributed by atoms with E-state index in [2.05, 4.69) is 15.3 Å². The van der Waals surface area contributed by atoms with Gasteiger partial charge in [-0.25, -0.2) is 9.97 Å². The molecule has 1 amide bonds. The maximum Gasteiger partial charge on any atom is 0.237 e. The highest BCUT2D eigenvalue weighted by molar-refractivity contribution is 8.00. The number of benzene rings is 2. The van der Waals surface area contributed by atoms with Gasteiger partial charge in [0.15, 0.2) is 5.16 Å². The molecule has 4 nitrogen and oxygen atoms in total. The molecular weight excluding hydrogens is 318 g/mol. The normalized spacial score (nSPS) is 12.1. The Morgan fingerprint density at radius 3 is 2.46 bits per heavy atom. The minimum Gasteiger partial charge on any atom is -0.325 e. The third-order valence-corrected chi connectivity index (χ3v) is 4.62. The summed E-state index contributed by atoms with van der Waals surface area (Å²) in [7, 11) is 0. The topological polar surface area (TPSA) is 54.9 Å². The third-order valence-electron chi connectivity index (χ3n) is 3.66. The molecule has 0 bridgehead atoms. The summed E-state index contributed by atoms with van der Waals surface area (Å²) < 4.78 is 0. The second-order valence-electron chi connectivity index (χ2n) is 5.71. The number of carbonyl (C=O) groups is 1. The molecule has 0 aliphatic rings. The van der Waals surface area contributed by atoms with E-state index in [1.807, 2.05) is 69.3 Å². The van der Waals surface area contributed by atoms with Crippen molar-refractivity contribution in [3.05, 3.63) is 59.9 Å². The molecule has 1 unspecified atom stereocenters. The van der Waals surface area contributed by atoms with E-state index >= 15 is 0 Å². The number of aryl methyl sites for hydroxylation is 2. The molecular formula is C19H19N3OS. The summed E-state index contributed by atoms with van der Waals surface area (Å²) in [5.74, 6) is -0.0564. The molecule has 1 N–H and O–H groups in total. The molecule has 122 valence electrons. The molecule has 5 heteroatoms. The lowest BCUT2D eigenvalue weighted by Crippen LogP contribution is -2.22. The van der Waals surface area contributed by atoms with Gasteiger partial charge in [-0.15, -0.1) is 0 Å². The van der Waals surface area contributed by atoms with Gasteiger partial charge in [-0.2, -0.15) is 0 Å². The maximum absolute atomic E-state index is 12.5. The first-order valence-corrected chi connectivity index (χ1v) is 8.68. The summed E-state index contributed by atoms with van der Waals surface area (Å²) in [4.78, 5) is 21.3. The Bertz CT molecular complexity index is 869. The van der Waals surface area contributed by atoms with E-state index in [1.54, 1.807) is 0 Å². The zero-order valence-corrected chi connectivity index (χ0v) is 14.7. The molecule has 0 spiro atoms. The highest BCUT2D eigenvalue weighted by Crippen LogP contribution is 2.25. The van der Waals surface area contributed by atoms with Crippen LogP contribution in [0.25, 0.3) is 10.8 Å². The Morgan fingerprint density at radius 2 is 1.71 bits per heavy atom. The molecule has 0 fully saturated rings. The van der Waals surface area contributed by atoms with Gasteiger partial charge in [0.25, 0.3) is 0 Å². The van der Waals surface area contributed by atoms with Crippen molar-refractivity contribution >= 4 is 34.1 Å². The van der Waals surface area contributed by atoms with Gasteiger partial charge in [-0.1, -0.05) is 48.2 Å². The van der Waals surface area contributed by atoms with Crippen molar-refractivity contribution in [2.75, 3.05) is 5.32 Å². The number of fused-ring (bicyclic) bond motifs is 1. The number of hydrogen-bond acceptors (Lipinski definition) is 4. The van der Waals surface area contributed by atoms with Gasteiger partial charge >= 0.3 is 0 Å². The molecule has 0 aliphatic heterocycles. The summed E-state index contributed by atoms with van der Waals surface area (Å²) in [6.45, 7) is 5.73. The fourth-order valence-electron chi connectivity index (χ4n) is 2.53. The fraction of sp³-hybridized carbons (Fsp3) is 0.211. The van der Waals surface area contributed by atoms with Crippen molar-refractivity contribution < 1.29 is 4.79 Å². The minimum atomic E-state index is -0.287. The van der Waals surface area contributed by atoms with Gasteiger partial charge < -0.3 is 5.32 Å². The second-order valence-corrected chi connectivity index (χ2v) is 7.02. The van der Waals surface area contributed by atoms with Gasteiger partial charge in [0, 0.05) is 22.5 Å². The quantitative estimate of drug-likeness (QED) is 0.567. The second kappa shape index (κ2) is 7.01. The predicted octanol–water partition coefficient (Wildman–Crippen LogP) is 4.37. The summed E-state index contributed by atoms with van der Waals surface area (Å²) in [6.07, 6.45) is 0. The number of aromatic nitrogens is 2. The van der Waals surface area contributed by atoms with Crippen LogP contribution in [0.2, 0.25) is 0 Å². The van der Waals surface area contributed by atoms with Crippen molar-refractivity contribution in [1.82, 2.24) is 9.97 Å². The number of nitrogens with zero attached hydrogens (tertiary/aromatic N) is 2. The zero-order chi connectivity index (χ0) is 17.1. The first-order valence-electron chi connectivity index (χ1n) is 7.80. The number of thioether (sulfide) groups is 1. The Hall–Kier alpha value is -2.40. The zero-order valence-electron chi connectivity index (χ0n) is 13.9. The van der Waals surface area contributed by atoms with Crippen LogP contribution in [0.15, 0.2) is 53.7 Å². The number of carbonyl (C=O) groups excluding carboxylic acids is 1. The minimum absolute atomic E-state index is 0.0564. The molecule has 1 aromatic heterocycles. The molecule has 0 aliphatic carbocycles. The van der Waals surface area contributed by atoms with Crippen LogP contribution in [-0.4, -0.2) is 21.1 Å². The first-order chi connectivity index (χ1) is 11.5. The number of nitrogens with one attached hydrogen (secondary N) is 1.